The van der Waals surface area contributed by atoms with Gasteiger partial charge in [0.1, 0.15) is 0 Å². The van der Waals surface area contributed by atoms with Crippen molar-refractivity contribution in [1.29, 1.82) is 0 Å². The highest BCUT2D eigenvalue weighted by atomic mass is 16.1. The summed E-state index contributed by atoms with van der Waals surface area (Å²) in [5, 5.41) is 0. The molecule has 0 aliphatic carbocycles. The zero-order chi connectivity index (χ0) is 12.4. The van der Waals surface area contributed by atoms with E-state index in [1.54, 1.807) is 6.07 Å². The molecule has 0 amide bonds. The smallest absolute Gasteiger partial charge is 0.248 e. The molecule has 94 valence electrons. The molecule has 1 aromatic heterocycles. The number of pyridine rings is 1. The molecule has 17 heavy (non-hydrogen) atoms. The molecule has 0 spiro atoms. The van der Waals surface area contributed by atoms with Gasteiger partial charge in [-0.2, -0.15) is 0 Å². The summed E-state index contributed by atoms with van der Waals surface area (Å²) < 4.78 is 0. The minimum atomic E-state index is -0.000318. The second-order valence-electron chi connectivity index (χ2n) is 5.48. The summed E-state index contributed by atoms with van der Waals surface area (Å²) in [6.45, 7) is 8.88. The minimum absolute atomic E-state index is 0.000318. The van der Waals surface area contributed by atoms with Crippen LogP contribution >= 0.6 is 0 Å². The molecule has 1 fully saturated rings. The third kappa shape index (κ3) is 2.78. The van der Waals surface area contributed by atoms with Crippen LogP contribution in [0.4, 0.5) is 0 Å². The summed E-state index contributed by atoms with van der Waals surface area (Å²) in [5.74, 6) is 0.693. The number of hydrogen-bond donors (Lipinski definition) is 1. The molecule has 3 nitrogen and oxygen atoms in total. The molecule has 1 aliphatic heterocycles. The van der Waals surface area contributed by atoms with Crippen molar-refractivity contribution in [2.24, 2.45) is 5.92 Å². The molecule has 1 aliphatic rings. The van der Waals surface area contributed by atoms with Gasteiger partial charge in [0, 0.05) is 24.8 Å². The lowest BCUT2D eigenvalue weighted by molar-refractivity contribution is 0.228. The van der Waals surface area contributed by atoms with E-state index in [0.717, 1.165) is 12.1 Å². The highest BCUT2D eigenvalue weighted by Gasteiger charge is 2.27. The Balaban J connectivity index is 2.23. The molecule has 2 rings (SSSR count). The van der Waals surface area contributed by atoms with Crippen LogP contribution in [0.25, 0.3) is 0 Å². The third-order valence-corrected chi connectivity index (χ3v) is 3.50. The predicted molar refractivity (Wildman–Crippen MR) is 70.2 cm³/mol. The maximum Gasteiger partial charge on any atom is 0.248 e. The molecule has 0 aromatic carbocycles. The van der Waals surface area contributed by atoms with Crippen LogP contribution in [0, 0.1) is 12.8 Å². The van der Waals surface area contributed by atoms with Crippen molar-refractivity contribution >= 4 is 0 Å². The van der Waals surface area contributed by atoms with E-state index in [4.69, 9.17) is 0 Å². The fraction of sp³-hybridized carbons (Fsp3) is 0.643. The Bertz CT molecular complexity index is 436. The molecule has 1 aromatic rings. The van der Waals surface area contributed by atoms with Crippen molar-refractivity contribution in [1.82, 2.24) is 9.88 Å². The van der Waals surface area contributed by atoms with E-state index >= 15 is 0 Å². The van der Waals surface area contributed by atoms with Crippen LogP contribution in [-0.4, -0.2) is 23.0 Å². The number of aromatic nitrogens is 1. The Morgan fingerprint density at radius 1 is 1.53 bits per heavy atom. The fourth-order valence-corrected chi connectivity index (χ4v) is 2.81. The summed E-state index contributed by atoms with van der Waals surface area (Å²) in [6.07, 6.45) is 4.37. The van der Waals surface area contributed by atoms with Gasteiger partial charge in [-0.1, -0.05) is 13.8 Å². The number of nitrogens with one attached hydrogen (secondary N) is 1. The zero-order valence-electron chi connectivity index (χ0n) is 11.0. The Kier molecular flexibility index (Phi) is 3.67. The minimum Gasteiger partial charge on any atom is -0.329 e. The van der Waals surface area contributed by atoms with E-state index < -0.39 is 0 Å². The van der Waals surface area contributed by atoms with Crippen molar-refractivity contribution in [2.75, 3.05) is 13.1 Å². The SMILES string of the molecule is Cc1cc(=O)[nH]cc1C1CCCN1CC(C)C. The molecule has 1 atom stereocenters. The number of nitrogens with zero attached hydrogens (tertiary/aromatic N) is 1. The summed E-state index contributed by atoms with van der Waals surface area (Å²) in [6, 6.07) is 2.20. The van der Waals surface area contributed by atoms with Crippen LogP contribution in [0.1, 0.15) is 43.9 Å². The van der Waals surface area contributed by atoms with E-state index in [0.29, 0.717) is 12.0 Å². The lowest BCUT2D eigenvalue weighted by Crippen LogP contribution is -2.28. The van der Waals surface area contributed by atoms with Gasteiger partial charge in [0.2, 0.25) is 5.56 Å². The van der Waals surface area contributed by atoms with E-state index in [1.807, 2.05) is 13.1 Å². The average molecular weight is 234 g/mol. The van der Waals surface area contributed by atoms with Gasteiger partial charge in [0.05, 0.1) is 0 Å². The summed E-state index contributed by atoms with van der Waals surface area (Å²) >= 11 is 0. The first-order valence-electron chi connectivity index (χ1n) is 6.51. The normalized spacial score (nSPS) is 21.3. The van der Waals surface area contributed by atoms with Crippen molar-refractivity contribution in [3.8, 4) is 0 Å². The van der Waals surface area contributed by atoms with Gasteiger partial charge in [-0.15, -0.1) is 0 Å². The quantitative estimate of drug-likeness (QED) is 0.872. The van der Waals surface area contributed by atoms with Crippen molar-refractivity contribution in [2.45, 2.75) is 39.7 Å². The number of rotatable bonds is 3. The molecule has 0 bridgehead atoms. The van der Waals surface area contributed by atoms with Crippen molar-refractivity contribution in [3.63, 3.8) is 0 Å². The zero-order valence-corrected chi connectivity index (χ0v) is 11.0. The lowest BCUT2D eigenvalue weighted by Gasteiger charge is -2.27. The second-order valence-corrected chi connectivity index (χ2v) is 5.48. The Morgan fingerprint density at radius 2 is 2.29 bits per heavy atom. The summed E-state index contributed by atoms with van der Waals surface area (Å²) in [5.41, 5.74) is 2.41. The summed E-state index contributed by atoms with van der Waals surface area (Å²) in [4.78, 5) is 16.6. The maximum absolute atomic E-state index is 11.2. The molecule has 1 N–H and O–H groups in total. The second kappa shape index (κ2) is 5.05. The topological polar surface area (TPSA) is 36.1 Å². The van der Waals surface area contributed by atoms with Crippen molar-refractivity contribution < 1.29 is 0 Å². The number of hydrogen-bond acceptors (Lipinski definition) is 2. The van der Waals surface area contributed by atoms with Gasteiger partial charge < -0.3 is 4.98 Å². The molecular formula is C14H22N2O. The molecule has 3 heteroatoms. The number of likely N-dealkylation sites (tertiary alicyclic amines) is 1. The highest BCUT2D eigenvalue weighted by Crippen LogP contribution is 2.33. The number of aryl methyl sites for hydroxylation is 1. The first kappa shape index (κ1) is 12.4. The molecule has 0 saturated carbocycles. The predicted octanol–water partition coefficient (Wildman–Crippen LogP) is 2.48. The van der Waals surface area contributed by atoms with Crippen LogP contribution < -0.4 is 5.56 Å². The van der Waals surface area contributed by atoms with E-state index in [9.17, 15) is 4.79 Å². The number of aromatic amines is 1. The van der Waals surface area contributed by atoms with Crippen LogP contribution in [-0.2, 0) is 0 Å². The monoisotopic (exact) mass is 234 g/mol. The average Bonchev–Trinajstić information content (AvgIpc) is 2.65. The van der Waals surface area contributed by atoms with E-state index in [1.165, 1.54) is 24.9 Å². The van der Waals surface area contributed by atoms with Gasteiger partial charge in [-0.05, 0) is 43.4 Å². The first-order chi connectivity index (χ1) is 8.08. The van der Waals surface area contributed by atoms with Crippen LogP contribution in [0.3, 0.4) is 0 Å². The molecule has 2 heterocycles. The Hall–Kier alpha value is -1.09. The number of H-pyrrole nitrogens is 1. The van der Waals surface area contributed by atoms with Gasteiger partial charge >= 0.3 is 0 Å². The largest absolute Gasteiger partial charge is 0.329 e. The van der Waals surface area contributed by atoms with Gasteiger partial charge in [-0.25, -0.2) is 0 Å². The van der Waals surface area contributed by atoms with Crippen LogP contribution in [0.2, 0.25) is 0 Å². The molecular weight excluding hydrogens is 212 g/mol. The van der Waals surface area contributed by atoms with E-state index in [-0.39, 0.29) is 5.56 Å². The van der Waals surface area contributed by atoms with Gasteiger partial charge in [0.25, 0.3) is 0 Å². The standard InChI is InChI=1S/C14H22N2O/c1-10(2)9-16-6-4-5-13(16)12-8-15-14(17)7-11(12)3/h7-8,10,13H,4-6,9H2,1-3H3,(H,15,17). The van der Waals surface area contributed by atoms with Crippen molar-refractivity contribution in [3.05, 3.63) is 33.7 Å². The van der Waals surface area contributed by atoms with Crippen LogP contribution in [0.5, 0.6) is 0 Å². The molecule has 1 unspecified atom stereocenters. The lowest BCUT2D eigenvalue weighted by atomic mass is 10.0. The van der Waals surface area contributed by atoms with Gasteiger partial charge in [0.15, 0.2) is 0 Å². The highest BCUT2D eigenvalue weighted by molar-refractivity contribution is 5.26. The Morgan fingerprint density at radius 3 is 2.94 bits per heavy atom. The molecule has 0 radical (unpaired) electrons. The fourth-order valence-electron chi connectivity index (χ4n) is 2.81. The van der Waals surface area contributed by atoms with Crippen LogP contribution in [0.15, 0.2) is 17.1 Å². The molecule has 1 saturated heterocycles. The van der Waals surface area contributed by atoms with E-state index in [2.05, 4.69) is 23.7 Å². The van der Waals surface area contributed by atoms with Gasteiger partial charge in [-0.3, -0.25) is 9.69 Å². The third-order valence-electron chi connectivity index (χ3n) is 3.50. The maximum atomic E-state index is 11.2. The Labute approximate surface area is 103 Å². The first-order valence-corrected chi connectivity index (χ1v) is 6.51. The summed E-state index contributed by atoms with van der Waals surface area (Å²) in [7, 11) is 0.